The fourth-order valence-electron chi connectivity index (χ4n) is 1.93. The maximum absolute atomic E-state index is 11.6. The Morgan fingerprint density at radius 3 is 2.83 bits per heavy atom. The van der Waals surface area contributed by atoms with Gasteiger partial charge in [-0.3, -0.25) is 9.69 Å². The van der Waals surface area contributed by atoms with Crippen LogP contribution < -0.4 is 0 Å². The van der Waals surface area contributed by atoms with Crippen molar-refractivity contribution >= 4 is 17.5 Å². The van der Waals surface area contributed by atoms with E-state index < -0.39 is 0 Å². The zero-order chi connectivity index (χ0) is 13.1. The lowest BCUT2D eigenvalue weighted by Crippen LogP contribution is -2.47. The van der Waals surface area contributed by atoms with E-state index in [1.165, 1.54) is 0 Å². The molecule has 1 fully saturated rings. The van der Waals surface area contributed by atoms with Crippen LogP contribution in [0.4, 0.5) is 0 Å². The lowest BCUT2D eigenvalue weighted by molar-refractivity contribution is -0.134. The highest BCUT2D eigenvalue weighted by Gasteiger charge is 2.21. The second-order valence-corrected chi connectivity index (χ2v) is 4.85. The number of benzene rings is 1. The Morgan fingerprint density at radius 1 is 1.44 bits per heavy atom. The normalized spacial score (nSPS) is 16.7. The Kier molecular flexibility index (Phi) is 3.85. The van der Waals surface area contributed by atoms with Gasteiger partial charge >= 0.3 is 0 Å². The molecule has 0 radical (unpaired) electrons. The molecular weight excluding hydrogens is 250 g/mol. The molecule has 0 N–H and O–H groups in total. The zero-order valence-corrected chi connectivity index (χ0v) is 10.9. The van der Waals surface area contributed by atoms with Crippen molar-refractivity contribution in [3.63, 3.8) is 0 Å². The number of carbonyl (C=O) groups excluding carboxylic acids is 1. The molecule has 1 amide bonds. The van der Waals surface area contributed by atoms with Gasteiger partial charge in [-0.1, -0.05) is 17.7 Å². The van der Waals surface area contributed by atoms with E-state index in [1.54, 1.807) is 17.0 Å². The highest BCUT2D eigenvalue weighted by Crippen LogP contribution is 2.20. The van der Waals surface area contributed by atoms with Crippen molar-refractivity contribution in [2.45, 2.75) is 6.54 Å². The lowest BCUT2D eigenvalue weighted by atomic mass is 10.1. The molecule has 2 rings (SSSR count). The van der Waals surface area contributed by atoms with Crippen LogP contribution >= 0.6 is 11.6 Å². The second-order valence-electron chi connectivity index (χ2n) is 4.44. The molecule has 0 aromatic heterocycles. The van der Waals surface area contributed by atoms with Gasteiger partial charge in [0.1, 0.15) is 0 Å². The van der Waals surface area contributed by atoms with Crippen molar-refractivity contribution in [3.8, 4) is 6.07 Å². The number of likely N-dealkylation sites (N-methyl/N-ethyl adjacent to an activating group) is 1. The molecule has 5 heteroatoms. The van der Waals surface area contributed by atoms with Gasteiger partial charge in [0, 0.05) is 31.7 Å². The Hall–Kier alpha value is -1.57. The summed E-state index contributed by atoms with van der Waals surface area (Å²) in [7, 11) is 1.81. The minimum absolute atomic E-state index is 0.131. The monoisotopic (exact) mass is 263 g/mol. The Labute approximate surface area is 111 Å². The van der Waals surface area contributed by atoms with E-state index in [1.807, 2.05) is 13.1 Å². The third kappa shape index (κ3) is 2.81. The summed E-state index contributed by atoms with van der Waals surface area (Å²) in [4.78, 5) is 15.4. The highest BCUT2D eigenvalue weighted by molar-refractivity contribution is 6.31. The molecule has 1 aliphatic rings. The van der Waals surface area contributed by atoms with Crippen LogP contribution in [0.1, 0.15) is 11.1 Å². The topological polar surface area (TPSA) is 47.3 Å². The standard InChI is InChI=1S/C13H14ClN3O/c1-16-4-5-17(9-13(16)18)8-11-3-2-10(7-15)6-12(11)14/h2-3,6H,4-5,8-9H2,1H3. The van der Waals surface area contributed by atoms with Crippen molar-refractivity contribution in [2.75, 3.05) is 26.7 Å². The summed E-state index contributed by atoms with van der Waals surface area (Å²) in [6.45, 7) is 2.66. The molecule has 18 heavy (non-hydrogen) atoms. The predicted octanol–water partition coefficient (Wildman–Crippen LogP) is 1.49. The van der Waals surface area contributed by atoms with Gasteiger partial charge in [-0.2, -0.15) is 5.26 Å². The van der Waals surface area contributed by atoms with Gasteiger partial charge in [0.2, 0.25) is 5.91 Å². The highest BCUT2D eigenvalue weighted by atomic mass is 35.5. The van der Waals surface area contributed by atoms with E-state index in [2.05, 4.69) is 11.0 Å². The average molecular weight is 264 g/mol. The van der Waals surface area contributed by atoms with Crippen LogP contribution in [0.2, 0.25) is 5.02 Å². The largest absolute Gasteiger partial charge is 0.343 e. The first kappa shape index (κ1) is 12.9. The Bertz CT molecular complexity index is 509. The first-order valence-electron chi connectivity index (χ1n) is 5.75. The minimum atomic E-state index is 0.131. The van der Waals surface area contributed by atoms with Crippen LogP contribution in [-0.4, -0.2) is 42.4 Å². The molecule has 94 valence electrons. The van der Waals surface area contributed by atoms with E-state index in [9.17, 15) is 4.79 Å². The maximum Gasteiger partial charge on any atom is 0.236 e. The van der Waals surface area contributed by atoms with Gasteiger partial charge in [-0.05, 0) is 17.7 Å². The molecule has 1 saturated heterocycles. The number of nitriles is 1. The zero-order valence-electron chi connectivity index (χ0n) is 10.2. The maximum atomic E-state index is 11.6. The summed E-state index contributed by atoms with van der Waals surface area (Å²) < 4.78 is 0. The first-order chi connectivity index (χ1) is 8.60. The smallest absolute Gasteiger partial charge is 0.236 e. The number of piperazine rings is 1. The summed E-state index contributed by atoms with van der Waals surface area (Å²) in [5, 5.41) is 9.35. The lowest BCUT2D eigenvalue weighted by Gasteiger charge is -2.32. The number of hydrogen-bond acceptors (Lipinski definition) is 3. The summed E-state index contributed by atoms with van der Waals surface area (Å²) in [5.74, 6) is 0.131. The molecule has 0 atom stereocenters. The second kappa shape index (κ2) is 5.38. The van der Waals surface area contributed by atoms with Gasteiger partial charge in [-0.25, -0.2) is 0 Å². The SMILES string of the molecule is CN1CCN(Cc2ccc(C#N)cc2Cl)CC1=O. The van der Waals surface area contributed by atoms with E-state index in [0.29, 0.717) is 23.7 Å². The van der Waals surface area contributed by atoms with Crippen LogP contribution in [-0.2, 0) is 11.3 Å². The summed E-state index contributed by atoms with van der Waals surface area (Å²) in [5.41, 5.74) is 1.51. The van der Waals surface area contributed by atoms with Crippen LogP contribution in [0, 0.1) is 11.3 Å². The molecule has 0 aliphatic carbocycles. The van der Waals surface area contributed by atoms with E-state index >= 15 is 0 Å². The van der Waals surface area contributed by atoms with Gasteiger partial charge in [0.25, 0.3) is 0 Å². The number of halogens is 1. The third-order valence-corrected chi connectivity index (χ3v) is 3.46. The molecule has 1 aromatic rings. The van der Waals surface area contributed by atoms with Crippen molar-refractivity contribution in [1.82, 2.24) is 9.80 Å². The van der Waals surface area contributed by atoms with Gasteiger partial charge < -0.3 is 4.90 Å². The third-order valence-electron chi connectivity index (χ3n) is 3.11. The van der Waals surface area contributed by atoms with Crippen molar-refractivity contribution in [1.29, 1.82) is 5.26 Å². The van der Waals surface area contributed by atoms with E-state index in [0.717, 1.165) is 18.7 Å². The number of amides is 1. The Balaban J connectivity index is 2.06. The van der Waals surface area contributed by atoms with E-state index in [4.69, 9.17) is 16.9 Å². The van der Waals surface area contributed by atoms with Crippen LogP contribution in [0.25, 0.3) is 0 Å². The number of carbonyl (C=O) groups is 1. The first-order valence-corrected chi connectivity index (χ1v) is 6.13. The number of hydrogen-bond donors (Lipinski definition) is 0. The van der Waals surface area contributed by atoms with E-state index in [-0.39, 0.29) is 5.91 Å². The average Bonchev–Trinajstić information content (AvgIpc) is 2.36. The van der Waals surface area contributed by atoms with Crippen molar-refractivity contribution < 1.29 is 4.79 Å². The molecule has 1 heterocycles. The van der Waals surface area contributed by atoms with Gasteiger partial charge in [0.05, 0.1) is 18.2 Å². The molecule has 0 spiro atoms. The summed E-state index contributed by atoms with van der Waals surface area (Å²) in [6.07, 6.45) is 0. The molecule has 1 aromatic carbocycles. The minimum Gasteiger partial charge on any atom is -0.343 e. The Morgan fingerprint density at radius 2 is 2.22 bits per heavy atom. The predicted molar refractivity (Wildman–Crippen MR) is 69.1 cm³/mol. The molecule has 1 aliphatic heterocycles. The quantitative estimate of drug-likeness (QED) is 0.812. The van der Waals surface area contributed by atoms with Crippen LogP contribution in [0.15, 0.2) is 18.2 Å². The van der Waals surface area contributed by atoms with Crippen LogP contribution in [0.5, 0.6) is 0 Å². The number of rotatable bonds is 2. The molecule has 0 saturated carbocycles. The van der Waals surface area contributed by atoms with Crippen LogP contribution in [0.3, 0.4) is 0 Å². The molecule has 0 bridgehead atoms. The molecule has 0 unspecified atom stereocenters. The van der Waals surface area contributed by atoms with Crippen molar-refractivity contribution in [2.24, 2.45) is 0 Å². The fraction of sp³-hybridized carbons (Fsp3) is 0.385. The molecule has 4 nitrogen and oxygen atoms in total. The van der Waals surface area contributed by atoms with Gasteiger partial charge in [-0.15, -0.1) is 0 Å². The summed E-state index contributed by atoms with van der Waals surface area (Å²) in [6, 6.07) is 7.31. The number of nitrogens with zero attached hydrogens (tertiary/aromatic N) is 3. The van der Waals surface area contributed by atoms with Gasteiger partial charge in [0.15, 0.2) is 0 Å². The molecular formula is C13H14ClN3O. The fourth-order valence-corrected chi connectivity index (χ4v) is 2.17. The summed E-state index contributed by atoms with van der Waals surface area (Å²) >= 11 is 6.12. The van der Waals surface area contributed by atoms with Crippen molar-refractivity contribution in [3.05, 3.63) is 34.3 Å².